The molecule has 0 amide bonds. The van der Waals surface area contributed by atoms with Crippen LogP contribution >= 0.6 is 0 Å². The quantitative estimate of drug-likeness (QED) is 0.172. The van der Waals surface area contributed by atoms with Crippen molar-refractivity contribution in [1.82, 2.24) is 0 Å². The van der Waals surface area contributed by atoms with Gasteiger partial charge in [-0.15, -0.1) is 0 Å². The van der Waals surface area contributed by atoms with E-state index < -0.39 is 0 Å². The highest BCUT2D eigenvalue weighted by molar-refractivity contribution is 5.84. The molecule has 2 atom stereocenters. The molecule has 208 valence electrons. The third-order valence-corrected chi connectivity index (χ3v) is 7.83. The molecule has 0 aromatic heterocycles. The summed E-state index contributed by atoms with van der Waals surface area (Å²) in [6, 6.07) is 12.2. The third-order valence-electron chi connectivity index (χ3n) is 7.83. The zero-order valence-corrected chi connectivity index (χ0v) is 23.9. The van der Waals surface area contributed by atoms with Gasteiger partial charge in [-0.1, -0.05) is 90.2 Å². The number of aromatic hydroxyl groups is 2. The van der Waals surface area contributed by atoms with Crippen LogP contribution in [-0.4, -0.2) is 34.7 Å². The minimum atomic E-state index is 0.0992. The molecular formula is C34H50N2O2. The highest BCUT2D eigenvalue weighted by Crippen LogP contribution is 2.26. The molecule has 4 nitrogen and oxygen atoms in total. The Hall–Kier alpha value is -2.62. The molecule has 1 aliphatic rings. The van der Waals surface area contributed by atoms with Crippen molar-refractivity contribution in [2.24, 2.45) is 9.98 Å². The van der Waals surface area contributed by atoms with Gasteiger partial charge in [0.05, 0.1) is 12.1 Å². The molecule has 1 aliphatic carbocycles. The van der Waals surface area contributed by atoms with Crippen molar-refractivity contribution in [1.29, 1.82) is 0 Å². The number of phenolic OH excluding ortho intramolecular Hbond substituents is 2. The maximum Gasteiger partial charge on any atom is 0.124 e. The van der Waals surface area contributed by atoms with E-state index in [1.54, 1.807) is 0 Å². The smallest absolute Gasteiger partial charge is 0.124 e. The fraction of sp³-hybridized carbons (Fsp3) is 0.588. The molecule has 2 N–H and O–H groups in total. The van der Waals surface area contributed by atoms with Crippen LogP contribution in [-0.2, 0) is 12.8 Å². The molecule has 0 unspecified atom stereocenters. The van der Waals surface area contributed by atoms with Gasteiger partial charge in [-0.25, -0.2) is 0 Å². The number of hydrogen-bond donors (Lipinski definition) is 2. The zero-order chi connectivity index (χ0) is 27.0. The fourth-order valence-electron chi connectivity index (χ4n) is 5.36. The second kappa shape index (κ2) is 17.1. The van der Waals surface area contributed by atoms with Gasteiger partial charge in [0.1, 0.15) is 11.5 Å². The van der Waals surface area contributed by atoms with Gasteiger partial charge < -0.3 is 10.2 Å². The van der Waals surface area contributed by atoms with Gasteiger partial charge in [0.15, 0.2) is 0 Å². The van der Waals surface area contributed by atoms with Gasteiger partial charge in [-0.3, -0.25) is 9.98 Å². The standard InChI is InChI=1S/C34H50N2O2/c1-3-5-7-9-10-12-16-28-20-22-30(34(38)24-28)26-36-32-18-14-13-17-31(32)35-25-29-21-19-27(23-33(29)37)15-11-8-6-4-2/h19-26,31-32,37-38H,3-18H2,1-2H3/t31-,32-/m0/s1. The molecule has 1 saturated carbocycles. The highest BCUT2D eigenvalue weighted by Gasteiger charge is 2.23. The molecule has 2 aromatic carbocycles. The number of phenols is 2. The first-order chi connectivity index (χ1) is 18.6. The molecule has 3 rings (SSSR count). The van der Waals surface area contributed by atoms with E-state index in [9.17, 15) is 10.2 Å². The van der Waals surface area contributed by atoms with Crippen LogP contribution in [0.1, 0.15) is 126 Å². The second-order valence-corrected chi connectivity index (χ2v) is 11.1. The lowest BCUT2D eigenvalue weighted by Gasteiger charge is -2.25. The molecule has 0 radical (unpaired) electrons. The van der Waals surface area contributed by atoms with Crippen LogP contribution in [0.5, 0.6) is 11.5 Å². The number of hydrogen-bond acceptors (Lipinski definition) is 4. The molecule has 4 heteroatoms. The molecule has 0 aliphatic heterocycles. The molecule has 2 aromatic rings. The van der Waals surface area contributed by atoms with Crippen molar-refractivity contribution in [3.05, 3.63) is 58.7 Å². The van der Waals surface area contributed by atoms with E-state index in [2.05, 4.69) is 26.0 Å². The van der Waals surface area contributed by atoms with Crippen LogP contribution in [0.2, 0.25) is 0 Å². The van der Waals surface area contributed by atoms with Gasteiger partial charge in [-0.05, 0) is 73.9 Å². The average molecular weight is 519 g/mol. The Morgan fingerprint density at radius 2 is 1.05 bits per heavy atom. The van der Waals surface area contributed by atoms with Crippen LogP contribution in [0.15, 0.2) is 46.4 Å². The minimum absolute atomic E-state index is 0.0992. The lowest BCUT2D eigenvalue weighted by atomic mass is 9.91. The molecule has 0 spiro atoms. The molecule has 1 fully saturated rings. The number of nitrogens with zero attached hydrogens (tertiary/aromatic N) is 2. The SMILES string of the molecule is CCCCCCCCc1ccc(C=N[C@H]2CCCC[C@@H]2N=Cc2ccc(CCCCCC)cc2O)c(O)c1. The van der Waals surface area contributed by atoms with E-state index in [1.807, 2.05) is 36.7 Å². The first kappa shape index (κ1) is 29.9. The number of unbranched alkanes of at least 4 members (excludes halogenated alkanes) is 8. The summed E-state index contributed by atoms with van der Waals surface area (Å²) in [5.41, 5.74) is 3.93. The van der Waals surface area contributed by atoms with Crippen molar-refractivity contribution in [2.45, 2.75) is 129 Å². The number of aryl methyl sites for hydroxylation is 2. The van der Waals surface area contributed by atoms with Crippen molar-refractivity contribution >= 4 is 12.4 Å². The van der Waals surface area contributed by atoms with Crippen LogP contribution < -0.4 is 0 Å². The highest BCUT2D eigenvalue weighted by atomic mass is 16.3. The Balaban J connectivity index is 1.55. The number of rotatable bonds is 16. The maximum atomic E-state index is 10.6. The number of benzene rings is 2. The molecule has 0 bridgehead atoms. The van der Waals surface area contributed by atoms with E-state index in [0.717, 1.165) is 49.7 Å². The number of aliphatic imine (C=N–C) groups is 2. The normalized spacial score (nSPS) is 18.1. The maximum absolute atomic E-state index is 10.6. The van der Waals surface area contributed by atoms with Gasteiger partial charge >= 0.3 is 0 Å². The van der Waals surface area contributed by atoms with Crippen LogP contribution in [0, 0.1) is 0 Å². The van der Waals surface area contributed by atoms with Crippen molar-refractivity contribution in [3.63, 3.8) is 0 Å². The first-order valence-electron chi connectivity index (χ1n) is 15.3. The third kappa shape index (κ3) is 10.3. The summed E-state index contributed by atoms with van der Waals surface area (Å²) in [5.74, 6) is 0.622. The van der Waals surface area contributed by atoms with Crippen LogP contribution in [0.25, 0.3) is 0 Å². The summed E-state index contributed by atoms with van der Waals surface area (Å²) >= 11 is 0. The van der Waals surface area contributed by atoms with Gasteiger partial charge in [-0.2, -0.15) is 0 Å². The average Bonchev–Trinajstić information content (AvgIpc) is 2.92. The van der Waals surface area contributed by atoms with Crippen molar-refractivity contribution in [3.8, 4) is 11.5 Å². The lowest BCUT2D eigenvalue weighted by Crippen LogP contribution is -2.27. The second-order valence-electron chi connectivity index (χ2n) is 11.1. The molecule has 38 heavy (non-hydrogen) atoms. The Labute approximate surface area is 231 Å². The summed E-state index contributed by atoms with van der Waals surface area (Å²) in [6.07, 6.45) is 22.6. The summed E-state index contributed by atoms with van der Waals surface area (Å²) < 4.78 is 0. The Morgan fingerprint density at radius 3 is 1.50 bits per heavy atom. The topological polar surface area (TPSA) is 65.2 Å². The van der Waals surface area contributed by atoms with Crippen LogP contribution in [0.4, 0.5) is 0 Å². The van der Waals surface area contributed by atoms with E-state index >= 15 is 0 Å². The fourth-order valence-corrected chi connectivity index (χ4v) is 5.36. The molecule has 0 saturated heterocycles. The van der Waals surface area contributed by atoms with Gasteiger partial charge in [0, 0.05) is 23.6 Å². The van der Waals surface area contributed by atoms with Gasteiger partial charge in [0.2, 0.25) is 0 Å². The molecule has 0 heterocycles. The van der Waals surface area contributed by atoms with Crippen molar-refractivity contribution < 1.29 is 10.2 Å². The van der Waals surface area contributed by atoms with Crippen LogP contribution in [0.3, 0.4) is 0 Å². The summed E-state index contributed by atoms with van der Waals surface area (Å²) in [5, 5.41) is 21.1. The largest absolute Gasteiger partial charge is 0.507 e. The lowest BCUT2D eigenvalue weighted by molar-refractivity contribution is 0.390. The Kier molecular flexibility index (Phi) is 13.4. The Bertz CT molecular complexity index is 1010. The summed E-state index contributed by atoms with van der Waals surface area (Å²) in [7, 11) is 0. The molecular weight excluding hydrogens is 468 g/mol. The predicted molar refractivity (Wildman–Crippen MR) is 162 cm³/mol. The monoisotopic (exact) mass is 518 g/mol. The van der Waals surface area contributed by atoms with E-state index in [0.29, 0.717) is 11.5 Å². The summed E-state index contributed by atoms with van der Waals surface area (Å²) in [4.78, 5) is 9.73. The first-order valence-corrected chi connectivity index (χ1v) is 15.3. The van der Waals surface area contributed by atoms with E-state index in [4.69, 9.17) is 9.98 Å². The van der Waals surface area contributed by atoms with E-state index in [-0.39, 0.29) is 12.1 Å². The minimum Gasteiger partial charge on any atom is -0.507 e. The van der Waals surface area contributed by atoms with Crippen molar-refractivity contribution in [2.75, 3.05) is 0 Å². The Morgan fingerprint density at radius 1 is 0.632 bits per heavy atom. The zero-order valence-electron chi connectivity index (χ0n) is 23.9. The van der Waals surface area contributed by atoms with Gasteiger partial charge in [0.25, 0.3) is 0 Å². The predicted octanol–water partition coefficient (Wildman–Crippen LogP) is 8.97. The van der Waals surface area contributed by atoms with E-state index in [1.165, 1.54) is 75.3 Å². The summed E-state index contributed by atoms with van der Waals surface area (Å²) in [6.45, 7) is 4.47.